The lowest BCUT2D eigenvalue weighted by atomic mass is 10.9. The van der Waals surface area contributed by atoms with Gasteiger partial charge in [0.05, 0.1) is 13.2 Å². The van der Waals surface area contributed by atoms with Crippen molar-refractivity contribution in [1.29, 1.82) is 0 Å². The Kier molecular flexibility index (Phi) is 10.3. The van der Waals surface area contributed by atoms with Crippen molar-refractivity contribution in [2.75, 3.05) is 19.0 Å². The van der Waals surface area contributed by atoms with E-state index in [2.05, 4.69) is 26.6 Å². The fourth-order valence-corrected chi connectivity index (χ4v) is 5.56. The molecule has 1 atom stereocenters. The number of hydrogen-bond donors (Lipinski definition) is 0. The zero-order valence-electron chi connectivity index (χ0n) is 12.0. The van der Waals surface area contributed by atoms with Crippen LogP contribution in [0.25, 0.3) is 0 Å². The van der Waals surface area contributed by atoms with Crippen LogP contribution in [0.1, 0.15) is 20.8 Å². The molecule has 0 amide bonds. The summed E-state index contributed by atoms with van der Waals surface area (Å²) in [5.74, 6) is 1.16. The molecule has 1 unspecified atom stereocenters. The molecule has 0 N–H and O–H groups in total. The molecule has 0 bridgehead atoms. The molecule has 17 heavy (non-hydrogen) atoms. The molecule has 0 spiro atoms. The van der Waals surface area contributed by atoms with Crippen LogP contribution in [-0.2, 0) is 13.6 Å². The summed E-state index contributed by atoms with van der Waals surface area (Å²) in [7, 11) is -2.08. The maximum absolute atomic E-state index is 5.74. The molecule has 0 heterocycles. The van der Waals surface area contributed by atoms with Crippen LogP contribution in [0, 0.1) is 0 Å². The van der Waals surface area contributed by atoms with Gasteiger partial charge in [-0.25, -0.2) is 0 Å². The summed E-state index contributed by atoms with van der Waals surface area (Å²) < 4.78 is 16.6. The Bertz CT molecular complexity index is 184. The Morgan fingerprint density at radius 1 is 1.12 bits per heavy atom. The molecule has 104 valence electrons. The molecule has 0 aliphatic rings. The third kappa shape index (κ3) is 11.7. The monoisotopic (exact) mass is 298 g/mol. The van der Waals surface area contributed by atoms with Crippen molar-refractivity contribution >= 4 is 28.4 Å². The van der Waals surface area contributed by atoms with Gasteiger partial charge in [0.1, 0.15) is 5.44 Å². The van der Waals surface area contributed by atoms with Gasteiger partial charge < -0.3 is 9.05 Å². The largest absolute Gasteiger partial charge is 0.333 e. The smallest absolute Gasteiger partial charge is 0.313 e. The second kappa shape index (κ2) is 9.76. The second-order valence-corrected chi connectivity index (χ2v) is 13.1. The molecular formula is C11H27O3PSSi. The van der Waals surface area contributed by atoms with Gasteiger partial charge >= 0.3 is 8.60 Å². The molecule has 0 radical (unpaired) electrons. The molecule has 0 saturated carbocycles. The summed E-state index contributed by atoms with van der Waals surface area (Å²) in [5.41, 5.74) is 0.149. The quantitative estimate of drug-likeness (QED) is 0.331. The van der Waals surface area contributed by atoms with Crippen LogP contribution in [0.5, 0.6) is 0 Å². The predicted molar refractivity (Wildman–Crippen MR) is 81.3 cm³/mol. The van der Waals surface area contributed by atoms with Crippen LogP contribution >= 0.6 is 20.4 Å². The fraction of sp³-hybridized carbons (Fsp3) is 1.00. The van der Waals surface area contributed by atoms with Crippen molar-refractivity contribution in [3.63, 3.8) is 0 Å². The van der Waals surface area contributed by atoms with Crippen molar-refractivity contribution in [3.8, 4) is 0 Å². The fourth-order valence-electron chi connectivity index (χ4n) is 0.992. The molecule has 0 aromatic carbocycles. The first-order valence-electron chi connectivity index (χ1n) is 6.23. The average Bonchev–Trinajstić information content (AvgIpc) is 2.16. The Morgan fingerprint density at radius 3 is 2.06 bits per heavy atom. The van der Waals surface area contributed by atoms with Crippen LogP contribution < -0.4 is 0 Å². The lowest BCUT2D eigenvalue weighted by molar-refractivity contribution is 0.166. The summed E-state index contributed by atoms with van der Waals surface area (Å²) >= 11 is 1.85. The van der Waals surface area contributed by atoms with Crippen LogP contribution in [0.2, 0.25) is 25.7 Å². The van der Waals surface area contributed by atoms with Gasteiger partial charge in [-0.2, -0.15) is 0 Å². The van der Waals surface area contributed by atoms with Crippen LogP contribution in [0.15, 0.2) is 0 Å². The standard InChI is InChI=1S/C11H27O3PSSi/c1-7-12-15(13-8-2)14-11(3)16-9-10-17(4,5)6/h11H,7-10H2,1-6H3. The van der Waals surface area contributed by atoms with Crippen LogP contribution in [0.4, 0.5) is 0 Å². The van der Waals surface area contributed by atoms with E-state index in [1.807, 2.05) is 25.6 Å². The van der Waals surface area contributed by atoms with Crippen molar-refractivity contribution in [2.45, 2.75) is 51.9 Å². The molecule has 3 nitrogen and oxygen atoms in total. The average molecular weight is 298 g/mol. The van der Waals surface area contributed by atoms with Crippen molar-refractivity contribution in [2.24, 2.45) is 0 Å². The Morgan fingerprint density at radius 2 is 1.65 bits per heavy atom. The highest BCUT2D eigenvalue weighted by Crippen LogP contribution is 2.42. The van der Waals surface area contributed by atoms with Gasteiger partial charge in [0.2, 0.25) is 0 Å². The topological polar surface area (TPSA) is 27.7 Å². The minimum Gasteiger partial charge on any atom is -0.313 e. The van der Waals surface area contributed by atoms with E-state index in [0.29, 0.717) is 13.2 Å². The third-order valence-corrected chi connectivity index (χ3v) is 6.60. The highest BCUT2D eigenvalue weighted by molar-refractivity contribution is 7.99. The molecule has 0 aromatic heterocycles. The van der Waals surface area contributed by atoms with E-state index in [4.69, 9.17) is 13.6 Å². The van der Waals surface area contributed by atoms with Crippen LogP contribution in [0.3, 0.4) is 0 Å². The minimum atomic E-state index is -1.15. The lowest BCUT2D eigenvalue weighted by Gasteiger charge is -2.21. The van der Waals surface area contributed by atoms with Crippen molar-refractivity contribution < 1.29 is 13.6 Å². The first kappa shape index (κ1) is 17.9. The molecule has 0 aliphatic carbocycles. The summed E-state index contributed by atoms with van der Waals surface area (Å²) in [4.78, 5) is 0. The molecule has 0 aromatic rings. The van der Waals surface area contributed by atoms with Gasteiger partial charge in [0.25, 0.3) is 0 Å². The van der Waals surface area contributed by atoms with E-state index in [-0.39, 0.29) is 5.44 Å². The summed E-state index contributed by atoms with van der Waals surface area (Å²) in [6, 6.07) is 1.33. The van der Waals surface area contributed by atoms with E-state index in [0.717, 1.165) is 5.75 Å². The Hall–Kier alpha value is 0.877. The first-order chi connectivity index (χ1) is 7.89. The van der Waals surface area contributed by atoms with E-state index in [1.165, 1.54) is 6.04 Å². The number of rotatable bonds is 10. The zero-order valence-corrected chi connectivity index (χ0v) is 14.7. The van der Waals surface area contributed by atoms with Gasteiger partial charge in [0.15, 0.2) is 0 Å². The van der Waals surface area contributed by atoms with Gasteiger partial charge in [-0.1, -0.05) is 19.6 Å². The molecule has 6 heteroatoms. The van der Waals surface area contributed by atoms with Crippen molar-refractivity contribution in [3.05, 3.63) is 0 Å². The summed E-state index contributed by atoms with van der Waals surface area (Å²) in [6.07, 6.45) is 0. The minimum absolute atomic E-state index is 0.149. The molecule has 0 rings (SSSR count). The number of thioether (sulfide) groups is 1. The molecule has 0 aliphatic heterocycles. The van der Waals surface area contributed by atoms with Gasteiger partial charge in [-0.05, 0) is 32.6 Å². The van der Waals surface area contributed by atoms with Crippen LogP contribution in [-0.4, -0.2) is 32.5 Å². The summed E-state index contributed by atoms with van der Waals surface area (Å²) in [6.45, 7) is 14.4. The first-order valence-corrected chi connectivity index (χ1v) is 12.1. The van der Waals surface area contributed by atoms with E-state index in [1.54, 1.807) is 0 Å². The van der Waals surface area contributed by atoms with Gasteiger partial charge in [-0.3, -0.25) is 4.52 Å². The Balaban J connectivity index is 3.77. The predicted octanol–water partition coefficient (Wildman–Crippen LogP) is 4.72. The third-order valence-electron chi connectivity index (χ3n) is 1.91. The highest BCUT2D eigenvalue weighted by Gasteiger charge is 2.17. The summed E-state index contributed by atoms with van der Waals surface area (Å²) in [5, 5.41) is 0. The van der Waals surface area contributed by atoms with Crippen molar-refractivity contribution in [1.82, 2.24) is 0 Å². The van der Waals surface area contributed by atoms with Gasteiger partial charge in [-0.15, -0.1) is 11.8 Å². The van der Waals surface area contributed by atoms with E-state index in [9.17, 15) is 0 Å². The molecular weight excluding hydrogens is 271 g/mol. The normalized spacial score (nSPS) is 14.3. The van der Waals surface area contributed by atoms with E-state index >= 15 is 0 Å². The Labute approximate surface area is 113 Å². The molecule has 0 fully saturated rings. The highest BCUT2D eigenvalue weighted by atomic mass is 32.2. The maximum atomic E-state index is 5.74. The number of hydrogen-bond acceptors (Lipinski definition) is 4. The zero-order chi connectivity index (χ0) is 13.3. The molecule has 0 saturated heterocycles. The maximum Gasteiger partial charge on any atom is 0.333 e. The van der Waals surface area contributed by atoms with Gasteiger partial charge in [0, 0.05) is 8.07 Å². The lowest BCUT2D eigenvalue weighted by Crippen LogP contribution is -2.20. The SMILES string of the molecule is CCOP(OCC)OC(C)SCC[Si](C)(C)C. The second-order valence-electron chi connectivity index (χ2n) is 4.91. The van der Waals surface area contributed by atoms with E-state index < -0.39 is 16.7 Å².